The first-order valence-corrected chi connectivity index (χ1v) is 12.4. The van der Waals surface area contributed by atoms with Gasteiger partial charge in [0.2, 0.25) is 0 Å². The van der Waals surface area contributed by atoms with Gasteiger partial charge in [0.25, 0.3) is 20.2 Å². The van der Waals surface area contributed by atoms with E-state index in [1.54, 1.807) is 9.91 Å². The van der Waals surface area contributed by atoms with Crippen LogP contribution in [-0.4, -0.2) is 145 Å². The molecule has 0 aromatic heterocycles. The fourth-order valence-electron chi connectivity index (χ4n) is 3.89. The maximum atomic E-state index is 11.3. The van der Waals surface area contributed by atoms with Crippen molar-refractivity contribution in [3.8, 4) is 0 Å². The Kier molecular flexibility index (Phi) is 8.17. The monoisotopic (exact) mass is 447 g/mol. The minimum Gasteiger partial charge on any atom is -0.395 e. The Morgan fingerprint density at radius 2 is 1.46 bits per heavy atom. The van der Waals surface area contributed by atoms with Gasteiger partial charge in [0.15, 0.2) is 6.23 Å². The molecule has 0 spiro atoms. The molecule has 1 unspecified atom stereocenters. The second kappa shape index (κ2) is 9.59. The largest absolute Gasteiger partial charge is 0.395 e. The maximum absolute atomic E-state index is 11.3. The van der Waals surface area contributed by atoms with Gasteiger partial charge < -0.3 is 10.2 Å². The first kappa shape index (κ1) is 23.9. The van der Waals surface area contributed by atoms with Crippen LogP contribution in [0.1, 0.15) is 0 Å². The Balaban J connectivity index is 2.06. The molecule has 1 atom stereocenters. The lowest BCUT2D eigenvalue weighted by Gasteiger charge is -2.53. The van der Waals surface area contributed by atoms with Crippen molar-refractivity contribution in [1.82, 2.24) is 14.8 Å². The number of nitrogens with zero attached hydrogens (tertiary/aromatic N) is 4. The third-order valence-electron chi connectivity index (χ3n) is 5.47. The summed E-state index contributed by atoms with van der Waals surface area (Å²) in [5.74, 6) is -0.846. The molecule has 0 aliphatic carbocycles. The van der Waals surface area contributed by atoms with E-state index in [0.29, 0.717) is 45.8 Å². The van der Waals surface area contributed by atoms with Gasteiger partial charge in [0.1, 0.15) is 25.4 Å². The number of aliphatic hydroxyl groups is 2. The number of β-amino-alcohol motifs (C(OH)–C–C–N with tert-alkyl or cyclic N) is 2. The lowest BCUT2D eigenvalue weighted by atomic mass is 10.2. The van der Waals surface area contributed by atoms with Crippen molar-refractivity contribution < 1.29 is 40.7 Å². The summed E-state index contributed by atoms with van der Waals surface area (Å²) in [6.07, 6.45) is -0.944. The molecule has 2 aliphatic heterocycles. The van der Waals surface area contributed by atoms with Crippen molar-refractivity contribution in [1.29, 1.82) is 0 Å². The molecule has 4 N–H and O–H groups in total. The molecular formula is C14H31N4O8S2+. The van der Waals surface area contributed by atoms with Crippen LogP contribution in [0.15, 0.2) is 0 Å². The average molecular weight is 448 g/mol. The number of piperazine rings is 2. The first-order chi connectivity index (χ1) is 12.9. The van der Waals surface area contributed by atoms with Crippen LogP contribution in [0, 0.1) is 0 Å². The van der Waals surface area contributed by atoms with Gasteiger partial charge in [-0.05, 0) is 0 Å². The molecule has 2 saturated heterocycles. The average Bonchev–Trinajstić information content (AvgIpc) is 2.59. The predicted octanol–water partition coefficient (Wildman–Crippen LogP) is -3.26. The predicted molar refractivity (Wildman–Crippen MR) is 100 cm³/mol. The molecule has 12 nitrogen and oxygen atoms in total. The summed E-state index contributed by atoms with van der Waals surface area (Å²) in [6, 6.07) is 0. The summed E-state index contributed by atoms with van der Waals surface area (Å²) in [4.78, 5) is 3.79. The van der Waals surface area contributed by atoms with Gasteiger partial charge in [-0.3, -0.25) is 18.9 Å². The van der Waals surface area contributed by atoms with E-state index in [-0.39, 0.29) is 30.8 Å². The van der Waals surface area contributed by atoms with Crippen LogP contribution in [0.25, 0.3) is 0 Å². The molecule has 0 radical (unpaired) electrons. The van der Waals surface area contributed by atoms with Crippen LogP contribution in [0.2, 0.25) is 0 Å². The zero-order valence-corrected chi connectivity index (χ0v) is 17.4. The van der Waals surface area contributed by atoms with Gasteiger partial charge in [-0.15, -0.1) is 5.01 Å². The van der Waals surface area contributed by atoms with Gasteiger partial charge in [-0.25, -0.2) is 4.59 Å². The Bertz CT molecular complexity index is 709. The van der Waals surface area contributed by atoms with E-state index in [0.717, 1.165) is 0 Å². The van der Waals surface area contributed by atoms with E-state index in [4.69, 9.17) is 9.66 Å². The molecule has 0 aromatic rings. The highest BCUT2D eigenvalue weighted by Gasteiger charge is 2.45. The first-order valence-electron chi connectivity index (χ1n) is 9.21. The van der Waals surface area contributed by atoms with Crippen LogP contribution in [0.3, 0.4) is 0 Å². The Morgan fingerprint density at radius 1 is 0.857 bits per heavy atom. The van der Waals surface area contributed by atoms with Crippen molar-refractivity contribution in [2.75, 3.05) is 83.6 Å². The highest BCUT2D eigenvalue weighted by Crippen LogP contribution is 2.23. The minimum atomic E-state index is -4.16. The van der Waals surface area contributed by atoms with E-state index >= 15 is 0 Å². The summed E-state index contributed by atoms with van der Waals surface area (Å²) < 4.78 is 62.8. The van der Waals surface area contributed by atoms with E-state index in [1.807, 2.05) is 0 Å². The van der Waals surface area contributed by atoms with E-state index < -0.39 is 38.0 Å². The number of hydrogen-bond acceptors (Lipinski definition) is 9. The van der Waals surface area contributed by atoms with Gasteiger partial charge in [0, 0.05) is 39.3 Å². The molecule has 2 fully saturated rings. The second-order valence-electron chi connectivity index (χ2n) is 7.35. The van der Waals surface area contributed by atoms with Crippen molar-refractivity contribution >= 4 is 20.2 Å². The maximum Gasteiger partial charge on any atom is 0.270 e. The topological polar surface area (TPSA) is 159 Å². The molecule has 0 aromatic carbocycles. The fourth-order valence-corrected chi connectivity index (χ4v) is 4.95. The number of aliphatic hydroxyl groups excluding tert-OH is 2. The van der Waals surface area contributed by atoms with E-state index in [1.165, 1.54) is 0 Å². The molecule has 2 heterocycles. The Labute approximate surface area is 166 Å². The number of quaternary nitrogens is 1. The van der Waals surface area contributed by atoms with Gasteiger partial charge in [-0.1, -0.05) is 0 Å². The zero-order valence-electron chi connectivity index (χ0n) is 15.8. The van der Waals surface area contributed by atoms with Crippen LogP contribution in [0.4, 0.5) is 0 Å². The minimum absolute atomic E-state index is 0.0279. The summed E-state index contributed by atoms with van der Waals surface area (Å²) in [5.41, 5.74) is 0. The fraction of sp³-hybridized carbons (Fsp3) is 1.00. The van der Waals surface area contributed by atoms with Crippen LogP contribution < -0.4 is 0 Å². The molecule has 14 heteroatoms. The highest BCUT2D eigenvalue weighted by atomic mass is 32.2. The second-order valence-corrected chi connectivity index (χ2v) is 10.5. The third kappa shape index (κ3) is 7.12. The van der Waals surface area contributed by atoms with E-state index in [9.17, 15) is 26.5 Å². The van der Waals surface area contributed by atoms with Gasteiger partial charge in [0.05, 0.1) is 18.9 Å². The van der Waals surface area contributed by atoms with Gasteiger partial charge >= 0.3 is 0 Å². The highest BCUT2D eigenvalue weighted by molar-refractivity contribution is 7.86. The van der Waals surface area contributed by atoms with Crippen LogP contribution in [-0.2, 0) is 20.2 Å². The van der Waals surface area contributed by atoms with Crippen molar-refractivity contribution in [3.05, 3.63) is 0 Å². The molecule has 2 aliphatic rings. The molecule has 0 saturated carbocycles. The summed E-state index contributed by atoms with van der Waals surface area (Å²) >= 11 is 0. The molecule has 166 valence electrons. The summed E-state index contributed by atoms with van der Waals surface area (Å²) in [7, 11) is -8.24. The SMILES string of the molecule is O=S(=O)(O)CCN1CCN([N+]2(CCS(=O)(=O)O)CCN(CCO)CC2)C(O)C1. The third-order valence-corrected chi connectivity index (χ3v) is 6.86. The molecular weight excluding hydrogens is 416 g/mol. The Hall–Kier alpha value is -0.420. The zero-order chi connectivity index (χ0) is 21.0. The molecule has 0 bridgehead atoms. The Morgan fingerprint density at radius 3 is 1.96 bits per heavy atom. The normalized spacial score (nSPS) is 25.8. The van der Waals surface area contributed by atoms with Crippen molar-refractivity contribution in [2.45, 2.75) is 6.23 Å². The molecule has 28 heavy (non-hydrogen) atoms. The molecule has 2 rings (SSSR count). The molecule has 0 amide bonds. The van der Waals surface area contributed by atoms with Crippen molar-refractivity contribution in [3.63, 3.8) is 0 Å². The van der Waals surface area contributed by atoms with Crippen molar-refractivity contribution in [2.24, 2.45) is 0 Å². The smallest absolute Gasteiger partial charge is 0.270 e. The van der Waals surface area contributed by atoms with Gasteiger partial charge in [-0.2, -0.15) is 16.8 Å². The lowest BCUT2D eigenvalue weighted by Crippen LogP contribution is -2.74. The number of hydrogen-bond donors (Lipinski definition) is 4. The van der Waals surface area contributed by atoms with Crippen LogP contribution in [0.5, 0.6) is 0 Å². The number of rotatable bonds is 9. The lowest BCUT2D eigenvalue weighted by molar-refractivity contribution is -1.04. The summed E-state index contributed by atoms with van der Waals surface area (Å²) in [5, 5.41) is 21.6. The van der Waals surface area contributed by atoms with E-state index in [2.05, 4.69) is 4.90 Å². The quantitative estimate of drug-likeness (QED) is 0.208. The summed E-state index contributed by atoms with van der Waals surface area (Å²) in [6.45, 7) is 4.05. The van der Waals surface area contributed by atoms with Crippen LogP contribution >= 0.6 is 0 Å². The standard InChI is InChI=1S/C14H30N4O8S2/c19-10-5-15-3-7-18(8-4-15,9-12-28(24,25)26)17-2-1-16(13-14(17)20)6-11-27(21,22)23/h14,19-20H,1-13H2,(H-,21,22,23,24,25,26)/p+1.